The van der Waals surface area contributed by atoms with Crippen molar-refractivity contribution >= 4 is 44.2 Å². The molecule has 1 saturated carbocycles. The lowest BCUT2D eigenvalue weighted by atomic mass is 9.70. The summed E-state index contributed by atoms with van der Waals surface area (Å²) in [5.41, 5.74) is 12.7. The maximum atomic E-state index is 15.3. The molecule has 1 aromatic heterocycles. The molecule has 264 valence electrons. The van der Waals surface area contributed by atoms with E-state index in [1.807, 2.05) is 12.1 Å². The molecule has 3 aromatic rings. The maximum Gasteiger partial charge on any atom is 0.200 e. The highest BCUT2D eigenvalue weighted by Crippen LogP contribution is 2.54. The Morgan fingerprint density at radius 1 is 1.14 bits per heavy atom. The molecule has 0 radical (unpaired) electrons. The van der Waals surface area contributed by atoms with E-state index < -0.39 is 35.4 Å². The zero-order chi connectivity index (χ0) is 34.7. The fraction of sp³-hybridized carbons (Fsp3) is 0.543. The van der Waals surface area contributed by atoms with Crippen LogP contribution in [0.25, 0.3) is 11.0 Å². The molecule has 2 aliphatic carbocycles. The van der Waals surface area contributed by atoms with E-state index in [1.165, 1.54) is 21.6 Å². The highest BCUT2D eigenvalue weighted by atomic mass is 33.1. The van der Waals surface area contributed by atoms with Crippen LogP contribution in [0.5, 0.6) is 11.5 Å². The number of nitrogens with two attached hydrogens (primary N) is 2. The van der Waals surface area contributed by atoms with E-state index >= 15 is 4.79 Å². The summed E-state index contributed by atoms with van der Waals surface area (Å²) >= 11 is 0. The number of nitrogens with zero attached hydrogens (tertiary/aromatic N) is 1. The van der Waals surface area contributed by atoms with Crippen molar-refractivity contribution < 1.29 is 34.4 Å². The number of hydrogen-bond acceptors (Lipinski definition) is 12. The van der Waals surface area contributed by atoms with Crippen molar-refractivity contribution in [2.45, 2.75) is 106 Å². The molecule has 0 spiro atoms. The number of anilines is 1. The van der Waals surface area contributed by atoms with Gasteiger partial charge < -0.3 is 40.7 Å². The molecule has 0 saturated heterocycles. The molecular weight excluding hydrogens is 669 g/mol. The molecule has 12 nitrogen and oxygen atoms in total. The number of nitrogens with one attached hydrogen (secondary N) is 1. The first-order valence-electron chi connectivity index (χ1n) is 16.8. The number of rotatable bonds is 7. The molecule has 14 heteroatoms. The first kappa shape index (κ1) is 34.3. The van der Waals surface area contributed by atoms with Gasteiger partial charge in [0, 0.05) is 47.0 Å². The summed E-state index contributed by atoms with van der Waals surface area (Å²) in [6.07, 6.45) is 3.94. The van der Waals surface area contributed by atoms with Crippen LogP contribution in [0.15, 0.2) is 38.5 Å². The van der Waals surface area contributed by atoms with Gasteiger partial charge in [0.1, 0.15) is 45.5 Å². The normalized spacial score (nSPS) is 27.0. The van der Waals surface area contributed by atoms with Crippen molar-refractivity contribution in [3.05, 3.63) is 62.5 Å². The summed E-state index contributed by atoms with van der Waals surface area (Å²) in [6, 6.07) is 7.12. The molecule has 0 unspecified atom stereocenters. The standard InChI is InChI=1S/C35H44N4O8S2/c1-33(2,42)24-13-22-28(46-24)23-14-48-49-17-34(16-40,38-32(36)37)15-35(43)12-11-21(18-7-9-19(39-44)10-8-18)25-27(41)26(30(23)47-31(25)35)29(22)45-20-5-3-4-6-20/h7-10,20-21,24,39-40,42-44H,3-6,11-17H2,1-2H3,(H4,36,37,38)/t21-,24-,34-,35-/m1/s1. The van der Waals surface area contributed by atoms with E-state index in [2.05, 4.69) is 10.5 Å². The van der Waals surface area contributed by atoms with Crippen LogP contribution >= 0.6 is 21.6 Å². The minimum absolute atomic E-state index is 0.0854. The Balaban J connectivity index is 1.54. The molecule has 7 rings (SSSR count). The van der Waals surface area contributed by atoms with Crippen molar-refractivity contribution in [3.8, 4) is 11.5 Å². The molecule has 2 aliphatic heterocycles. The molecule has 1 fully saturated rings. The smallest absolute Gasteiger partial charge is 0.200 e. The lowest BCUT2D eigenvalue weighted by molar-refractivity contribution is -0.0360. The van der Waals surface area contributed by atoms with E-state index in [1.54, 1.807) is 26.0 Å². The zero-order valence-electron chi connectivity index (χ0n) is 27.7. The van der Waals surface area contributed by atoms with Crippen LogP contribution < -0.4 is 31.8 Å². The number of aliphatic imine (C=N–C) groups is 1. The van der Waals surface area contributed by atoms with Gasteiger partial charge in [0.15, 0.2) is 5.96 Å². The predicted molar refractivity (Wildman–Crippen MR) is 191 cm³/mol. The van der Waals surface area contributed by atoms with Crippen molar-refractivity contribution in [2.24, 2.45) is 16.5 Å². The summed E-state index contributed by atoms with van der Waals surface area (Å²) in [5.74, 6) is 1.01. The molecule has 2 bridgehead atoms. The average Bonchev–Trinajstić information content (AvgIpc) is 3.74. The third-order valence-corrected chi connectivity index (χ3v) is 12.9. The fourth-order valence-corrected chi connectivity index (χ4v) is 10.5. The van der Waals surface area contributed by atoms with Crippen molar-refractivity contribution in [1.82, 2.24) is 0 Å². The monoisotopic (exact) mass is 712 g/mol. The van der Waals surface area contributed by atoms with E-state index in [0.717, 1.165) is 36.8 Å². The first-order chi connectivity index (χ1) is 23.4. The maximum absolute atomic E-state index is 15.3. The Morgan fingerprint density at radius 3 is 2.53 bits per heavy atom. The largest absolute Gasteiger partial charge is 0.489 e. The van der Waals surface area contributed by atoms with Gasteiger partial charge in [0.2, 0.25) is 5.43 Å². The Bertz CT molecular complexity index is 1830. The van der Waals surface area contributed by atoms with Crippen LogP contribution in [0.2, 0.25) is 0 Å². The van der Waals surface area contributed by atoms with Crippen molar-refractivity contribution in [2.75, 3.05) is 17.8 Å². The second-order valence-electron chi connectivity index (χ2n) is 14.5. The van der Waals surface area contributed by atoms with Gasteiger partial charge in [0.05, 0.1) is 24.0 Å². The van der Waals surface area contributed by atoms with E-state index in [-0.39, 0.29) is 47.4 Å². The number of guanidine groups is 1. The number of fused-ring (bicyclic) bond motifs is 2. The summed E-state index contributed by atoms with van der Waals surface area (Å²) in [7, 11) is 2.93. The minimum atomic E-state index is -1.72. The van der Waals surface area contributed by atoms with Crippen LogP contribution in [0.3, 0.4) is 0 Å². The van der Waals surface area contributed by atoms with Gasteiger partial charge in [-0.05, 0) is 70.1 Å². The first-order valence-corrected chi connectivity index (χ1v) is 19.3. The zero-order valence-corrected chi connectivity index (χ0v) is 29.3. The van der Waals surface area contributed by atoms with Gasteiger partial charge in [-0.1, -0.05) is 33.7 Å². The lowest BCUT2D eigenvalue weighted by Crippen LogP contribution is -2.47. The number of hydrogen-bond donors (Lipinski definition) is 7. The molecule has 4 aliphatic rings. The average molecular weight is 713 g/mol. The summed E-state index contributed by atoms with van der Waals surface area (Å²) in [5, 5.41) is 44.3. The van der Waals surface area contributed by atoms with Crippen molar-refractivity contribution in [1.29, 1.82) is 0 Å². The van der Waals surface area contributed by atoms with Gasteiger partial charge in [-0.3, -0.25) is 15.5 Å². The van der Waals surface area contributed by atoms with Crippen molar-refractivity contribution in [3.63, 3.8) is 0 Å². The van der Waals surface area contributed by atoms with Crippen LogP contribution in [-0.4, -0.2) is 62.2 Å². The Morgan fingerprint density at radius 2 is 1.88 bits per heavy atom. The predicted octanol–water partition coefficient (Wildman–Crippen LogP) is 4.39. The number of aliphatic hydroxyl groups excluding tert-OH is 1. The van der Waals surface area contributed by atoms with Gasteiger partial charge in [-0.15, -0.1) is 0 Å². The molecule has 0 amide bonds. The summed E-state index contributed by atoms with van der Waals surface area (Å²) in [4.78, 5) is 19.8. The molecule has 3 heterocycles. The SMILES string of the molecule is CC(C)(O)[C@H]1Cc2c(c3c4oc5c(c(=O)c4c2OC2CCCC2)[C@@H](c2ccc(NO)cc2)CC[C@@]5(O)C[C@](CO)(N=C(N)N)CSSC3)O1. The molecular formula is C35H44N4O8S2. The number of aliphatic hydroxyl groups is 3. The van der Waals surface area contributed by atoms with Gasteiger partial charge in [-0.2, -0.15) is 0 Å². The Hall–Kier alpha value is -3.14. The van der Waals surface area contributed by atoms with Gasteiger partial charge in [-0.25, -0.2) is 4.99 Å². The lowest BCUT2D eigenvalue weighted by Gasteiger charge is -2.41. The Kier molecular flexibility index (Phi) is 9.02. The topological polar surface area (TPSA) is 206 Å². The van der Waals surface area contributed by atoms with Crippen LogP contribution in [0.4, 0.5) is 5.69 Å². The van der Waals surface area contributed by atoms with E-state index in [9.17, 15) is 20.5 Å². The highest BCUT2D eigenvalue weighted by Gasteiger charge is 2.50. The van der Waals surface area contributed by atoms with Crippen LogP contribution in [0, 0.1) is 0 Å². The summed E-state index contributed by atoms with van der Waals surface area (Å²) in [6.45, 7) is 2.96. The van der Waals surface area contributed by atoms with Gasteiger partial charge >= 0.3 is 0 Å². The Labute approximate surface area is 292 Å². The number of benzene rings is 2. The van der Waals surface area contributed by atoms with E-state index in [4.69, 9.17) is 25.4 Å². The molecule has 9 N–H and O–H groups in total. The second kappa shape index (κ2) is 12.9. The minimum Gasteiger partial charge on any atom is -0.489 e. The molecule has 4 atom stereocenters. The van der Waals surface area contributed by atoms with Crippen LogP contribution in [0.1, 0.15) is 92.7 Å². The molecule has 49 heavy (non-hydrogen) atoms. The third kappa shape index (κ3) is 6.14. The van der Waals surface area contributed by atoms with Gasteiger partial charge in [0.25, 0.3) is 0 Å². The van der Waals surface area contributed by atoms with E-state index in [0.29, 0.717) is 52.3 Å². The third-order valence-electron chi connectivity index (χ3n) is 10.5. The fourth-order valence-electron chi connectivity index (χ4n) is 7.96. The number of ether oxygens (including phenoxy) is 2. The molecule has 2 aromatic carbocycles. The second-order valence-corrected chi connectivity index (χ2v) is 16.9. The summed E-state index contributed by atoms with van der Waals surface area (Å²) < 4.78 is 20.2. The highest BCUT2D eigenvalue weighted by molar-refractivity contribution is 8.76. The quantitative estimate of drug-likeness (QED) is 0.0787. The van der Waals surface area contributed by atoms with Crippen LogP contribution in [-0.2, 0) is 17.8 Å².